The molecule has 72 valence electrons. The monoisotopic (exact) mass is 199 g/mol. The lowest BCUT2D eigenvalue weighted by Gasteiger charge is -1.95. The van der Waals surface area contributed by atoms with Crippen LogP contribution in [-0.4, -0.2) is 10.5 Å². The molecule has 1 aromatic rings. The molecule has 1 aromatic heterocycles. The Bertz CT molecular complexity index is 389. The van der Waals surface area contributed by atoms with Crippen LogP contribution in [0.5, 0.6) is 0 Å². The molecule has 0 saturated heterocycles. The highest BCUT2D eigenvalue weighted by Gasteiger charge is 2.01. The van der Waals surface area contributed by atoms with Crippen molar-refractivity contribution in [1.82, 2.24) is 9.99 Å². The summed E-state index contributed by atoms with van der Waals surface area (Å²) in [6.45, 7) is 5.50. The Morgan fingerprint density at radius 1 is 1.54 bits per heavy atom. The number of carbonyl (C=O) groups excluding carboxylic acids is 1. The number of aromatic nitrogens is 1. The zero-order valence-corrected chi connectivity index (χ0v) is 9.03. The highest BCUT2D eigenvalue weighted by atomic mass is 32.1. The van der Waals surface area contributed by atoms with Crippen molar-refractivity contribution in [3.8, 4) is 0 Å². The van der Waals surface area contributed by atoms with Gasteiger partial charge in [0.25, 0.3) is 0 Å². The van der Waals surface area contributed by atoms with E-state index in [0.29, 0.717) is 0 Å². The molecule has 0 aliphatic carbocycles. The molecule has 1 amide bonds. The summed E-state index contributed by atoms with van der Waals surface area (Å²) in [5.74, 6) is -0.149. The molecule has 0 radical (unpaired) electrons. The van der Waals surface area contributed by atoms with E-state index < -0.39 is 0 Å². The van der Waals surface area contributed by atoms with Crippen molar-refractivity contribution in [2.45, 2.75) is 20.8 Å². The van der Waals surface area contributed by atoms with Crippen LogP contribution in [0.15, 0.2) is 5.10 Å². The smallest absolute Gasteiger partial charge is 0.237 e. The van der Waals surface area contributed by atoms with E-state index in [1.54, 1.807) is 11.3 Å². The largest absolute Gasteiger partial charge is 0.323 e. The minimum Gasteiger partial charge on any atom is -0.323 e. The Labute approximate surface area is 80.9 Å². The lowest BCUT2D eigenvalue weighted by molar-refractivity contribution is -0.119. The molecule has 13 heavy (non-hydrogen) atoms. The summed E-state index contributed by atoms with van der Waals surface area (Å²) in [5.41, 5.74) is 3.59. The highest BCUT2D eigenvalue weighted by molar-refractivity contribution is 7.09. The van der Waals surface area contributed by atoms with Crippen LogP contribution in [0.4, 0.5) is 0 Å². The van der Waals surface area contributed by atoms with E-state index in [-0.39, 0.29) is 5.91 Å². The Morgan fingerprint density at radius 3 is 2.54 bits per heavy atom. The lowest BCUT2D eigenvalue weighted by atomic mass is 10.4. The maximum atomic E-state index is 10.6. The van der Waals surface area contributed by atoms with Gasteiger partial charge in [0.05, 0.1) is 0 Å². The Kier molecular flexibility index (Phi) is 2.87. The van der Waals surface area contributed by atoms with Gasteiger partial charge in [-0.15, -0.1) is 16.4 Å². The number of nitrogens with zero attached hydrogens (tertiary/aromatic N) is 2. The van der Waals surface area contributed by atoms with Crippen LogP contribution in [0.25, 0.3) is 0 Å². The lowest BCUT2D eigenvalue weighted by Crippen LogP contribution is -2.21. The molecule has 1 rings (SSSR count). The molecule has 1 heterocycles. The van der Waals surface area contributed by atoms with E-state index >= 15 is 0 Å². The third-order valence-electron chi connectivity index (χ3n) is 1.85. The standard InChI is InChI=1S/C8H13N3OS/c1-5-6(2)13-8(11(5)4)10-9-7(3)12/h1-4H3,(H,9,12). The summed E-state index contributed by atoms with van der Waals surface area (Å²) in [6, 6.07) is 0. The summed E-state index contributed by atoms with van der Waals surface area (Å²) in [6.07, 6.45) is 0. The van der Waals surface area contributed by atoms with E-state index in [1.165, 1.54) is 17.5 Å². The number of nitrogens with one attached hydrogen (secondary N) is 1. The van der Waals surface area contributed by atoms with Crippen LogP contribution in [-0.2, 0) is 11.8 Å². The molecule has 5 heteroatoms. The average Bonchev–Trinajstić information content (AvgIpc) is 2.29. The quantitative estimate of drug-likeness (QED) is 0.663. The molecule has 0 aliphatic heterocycles. The highest BCUT2D eigenvalue weighted by Crippen LogP contribution is 2.06. The first-order chi connectivity index (χ1) is 6.02. The molecule has 0 aliphatic rings. The van der Waals surface area contributed by atoms with Crippen molar-refractivity contribution in [3.63, 3.8) is 0 Å². The van der Waals surface area contributed by atoms with Crippen molar-refractivity contribution in [2.75, 3.05) is 0 Å². The predicted octanol–water partition coefficient (Wildman–Crippen LogP) is 0.655. The molecule has 4 nitrogen and oxygen atoms in total. The van der Waals surface area contributed by atoms with Gasteiger partial charge in [0.15, 0.2) is 0 Å². The van der Waals surface area contributed by atoms with Crippen molar-refractivity contribution in [3.05, 3.63) is 15.4 Å². The van der Waals surface area contributed by atoms with Crippen LogP contribution in [0.3, 0.4) is 0 Å². The second-order valence-electron chi connectivity index (χ2n) is 2.87. The minimum absolute atomic E-state index is 0.149. The third-order valence-corrected chi connectivity index (χ3v) is 3.00. The van der Waals surface area contributed by atoms with Gasteiger partial charge < -0.3 is 4.57 Å². The minimum atomic E-state index is -0.149. The van der Waals surface area contributed by atoms with E-state index in [2.05, 4.69) is 10.5 Å². The van der Waals surface area contributed by atoms with Crippen molar-refractivity contribution >= 4 is 17.2 Å². The van der Waals surface area contributed by atoms with E-state index in [9.17, 15) is 4.79 Å². The van der Waals surface area contributed by atoms with Crippen LogP contribution >= 0.6 is 11.3 Å². The van der Waals surface area contributed by atoms with Gasteiger partial charge in [-0.2, -0.15) is 0 Å². The fraction of sp³-hybridized carbons (Fsp3) is 0.500. The number of carbonyl (C=O) groups is 1. The fourth-order valence-corrected chi connectivity index (χ4v) is 1.81. The third kappa shape index (κ3) is 2.18. The molecule has 0 atom stereocenters. The molecular weight excluding hydrogens is 186 g/mol. The van der Waals surface area contributed by atoms with Crippen LogP contribution in [0, 0.1) is 13.8 Å². The number of aryl methyl sites for hydroxylation is 1. The molecular formula is C8H13N3OS. The van der Waals surface area contributed by atoms with Gasteiger partial charge in [0.1, 0.15) is 0 Å². The molecule has 1 N–H and O–H groups in total. The predicted molar refractivity (Wildman–Crippen MR) is 52.1 cm³/mol. The summed E-state index contributed by atoms with van der Waals surface area (Å²) in [7, 11) is 1.93. The molecule has 0 spiro atoms. The first-order valence-electron chi connectivity index (χ1n) is 3.95. The normalized spacial score (nSPS) is 11.8. The van der Waals surface area contributed by atoms with Gasteiger partial charge in [-0.1, -0.05) is 0 Å². The Morgan fingerprint density at radius 2 is 2.15 bits per heavy atom. The van der Waals surface area contributed by atoms with Crippen molar-refractivity contribution in [1.29, 1.82) is 0 Å². The number of thiazole rings is 1. The van der Waals surface area contributed by atoms with E-state index in [4.69, 9.17) is 0 Å². The van der Waals surface area contributed by atoms with Crippen molar-refractivity contribution in [2.24, 2.45) is 12.1 Å². The summed E-state index contributed by atoms with van der Waals surface area (Å²) >= 11 is 1.56. The molecule has 0 bridgehead atoms. The fourth-order valence-electron chi connectivity index (χ4n) is 0.883. The Hall–Kier alpha value is -1.10. The van der Waals surface area contributed by atoms with E-state index in [1.807, 2.05) is 25.5 Å². The molecule has 0 aromatic carbocycles. The average molecular weight is 199 g/mol. The first-order valence-corrected chi connectivity index (χ1v) is 4.77. The number of amides is 1. The first kappa shape index (κ1) is 9.98. The zero-order valence-electron chi connectivity index (χ0n) is 8.21. The number of hydrogen-bond donors (Lipinski definition) is 1. The number of rotatable bonds is 1. The van der Waals surface area contributed by atoms with E-state index in [0.717, 1.165) is 4.80 Å². The van der Waals surface area contributed by atoms with Gasteiger partial charge in [0.2, 0.25) is 10.7 Å². The summed E-state index contributed by atoms with van der Waals surface area (Å²) < 4.78 is 1.95. The zero-order chi connectivity index (χ0) is 10.0. The maximum Gasteiger partial charge on any atom is 0.237 e. The maximum absolute atomic E-state index is 10.6. The van der Waals surface area contributed by atoms with Crippen LogP contribution in [0.2, 0.25) is 0 Å². The second-order valence-corrected chi connectivity index (χ2v) is 4.05. The van der Waals surface area contributed by atoms with Crippen LogP contribution < -0.4 is 10.2 Å². The number of hydrogen-bond acceptors (Lipinski definition) is 3. The topological polar surface area (TPSA) is 46.4 Å². The second kappa shape index (κ2) is 3.74. The summed E-state index contributed by atoms with van der Waals surface area (Å²) in [4.78, 5) is 12.6. The Balaban J connectivity index is 3.08. The SMILES string of the molecule is CC(=O)NN=c1sc(C)c(C)n1C. The summed E-state index contributed by atoms with van der Waals surface area (Å²) in [5, 5.41) is 3.97. The van der Waals surface area contributed by atoms with Crippen molar-refractivity contribution < 1.29 is 4.79 Å². The van der Waals surface area contributed by atoms with Gasteiger partial charge in [-0.25, -0.2) is 5.43 Å². The van der Waals surface area contributed by atoms with Gasteiger partial charge in [-0.05, 0) is 13.8 Å². The van der Waals surface area contributed by atoms with Gasteiger partial charge in [0, 0.05) is 24.5 Å². The van der Waals surface area contributed by atoms with Crippen LogP contribution in [0.1, 0.15) is 17.5 Å². The van der Waals surface area contributed by atoms with Gasteiger partial charge >= 0.3 is 0 Å². The van der Waals surface area contributed by atoms with Gasteiger partial charge in [-0.3, -0.25) is 4.79 Å². The molecule has 0 saturated carbocycles. The molecule has 0 fully saturated rings. The molecule has 0 unspecified atom stereocenters.